The van der Waals surface area contributed by atoms with Crippen LogP contribution in [0.3, 0.4) is 0 Å². The predicted molar refractivity (Wildman–Crippen MR) is 120 cm³/mol. The first kappa shape index (κ1) is 25.6. The van der Waals surface area contributed by atoms with E-state index in [1.165, 1.54) is 6.07 Å². The molecule has 1 fully saturated rings. The molecule has 34 heavy (non-hydrogen) atoms. The smallest absolute Gasteiger partial charge is 0.252 e. The van der Waals surface area contributed by atoms with E-state index in [4.69, 9.17) is 17.3 Å². The van der Waals surface area contributed by atoms with Crippen molar-refractivity contribution in [2.24, 2.45) is 5.73 Å². The monoisotopic (exact) mass is 493 g/mol. The maximum Gasteiger partial charge on any atom is 0.252 e. The van der Waals surface area contributed by atoms with E-state index < -0.39 is 66.3 Å². The van der Waals surface area contributed by atoms with E-state index in [1.54, 1.807) is 30.3 Å². The second kappa shape index (κ2) is 10.5. The van der Waals surface area contributed by atoms with Gasteiger partial charge in [0.1, 0.15) is 23.6 Å². The number of rotatable bonds is 7. The lowest BCUT2D eigenvalue weighted by Gasteiger charge is -2.41. The van der Waals surface area contributed by atoms with E-state index in [1.807, 2.05) is 0 Å². The Bertz CT molecular complexity index is 1070. The highest BCUT2D eigenvalue weighted by Gasteiger charge is 2.49. The molecule has 0 spiro atoms. The number of amides is 3. The third kappa shape index (κ3) is 5.89. The topological polar surface area (TPSA) is 162 Å². The van der Waals surface area contributed by atoms with Crippen molar-refractivity contribution in [3.05, 3.63) is 70.5 Å². The van der Waals surface area contributed by atoms with Crippen LogP contribution in [0, 0.1) is 5.82 Å². The molecule has 3 amide bonds. The van der Waals surface area contributed by atoms with Gasteiger partial charge < -0.3 is 31.7 Å². The van der Waals surface area contributed by atoms with E-state index in [9.17, 15) is 34.1 Å². The van der Waals surface area contributed by atoms with Crippen LogP contribution in [0.2, 0.25) is 5.02 Å². The summed E-state index contributed by atoms with van der Waals surface area (Å²) in [4.78, 5) is 37.4. The number of primary amides is 1. The highest BCUT2D eigenvalue weighted by molar-refractivity contribution is 6.31. The van der Waals surface area contributed by atoms with Crippen molar-refractivity contribution < 1.29 is 34.1 Å². The van der Waals surface area contributed by atoms with Gasteiger partial charge in [-0.2, -0.15) is 0 Å². The third-order valence-corrected chi connectivity index (χ3v) is 6.05. The maximum atomic E-state index is 13.4. The molecule has 0 aromatic heterocycles. The van der Waals surface area contributed by atoms with Gasteiger partial charge in [-0.1, -0.05) is 41.9 Å². The Kier molecular flexibility index (Phi) is 7.88. The zero-order valence-electron chi connectivity index (χ0n) is 17.9. The minimum absolute atomic E-state index is 0.0247. The Hall–Kier alpha value is -3.05. The van der Waals surface area contributed by atoms with Gasteiger partial charge in [-0.25, -0.2) is 4.39 Å². The lowest BCUT2D eigenvalue weighted by atomic mass is 9.77. The lowest BCUT2D eigenvalue weighted by Crippen LogP contribution is -2.64. The number of halogens is 2. The van der Waals surface area contributed by atoms with Crippen molar-refractivity contribution in [1.29, 1.82) is 0 Å². The predicted octanol–water partition coefficient (Wildman–Crippen LogP) is 0.0370. The quantitative estimate of drug-likeness (QED) is 0.319. The molecule has 1 saturated carbocycles. The van der Waals surface area contributed by atoms with Crippen molar-refractivity contribution in [2.45, 2.75) is 49.2 Å². The Morgan fingerprint density at radius 1 is 1.15 bits per heavy atom. The van der Waals surface area contributed by atoms with Crippen LogP contribution in [-0.2, 0) is 16.0 Å². The van der Waals surface area contributed by atoms with Crippen LogP contribution >= 0.6 is 11.6 Å². The fraction of sp³-hybridized carbons (Fsp3) is 0.348. The van der Waals surface area contributed by atoms with E-state index in [0.717, 1.165) is 17.7 Å². The van der Waals surface area contributed by atoms with Gasteiger partial charge in [0, 0.05) is 24.8 Å². The van der Waals surface area contributed by atoms with Crippen LogP contribution in [0.15, 0.2) is 48.5 Å². The molecule has 0 bridgehead atoms. The fourth-order valence-corrected chi connectivity index (χ4v) is 4.06. The molecule has 0 saturated heterocycles. The summed E-state index contributed by atoms with van der Waals surface area (Å²) >= 11 is 5.70. The first-order valence-electron chi connectivity index (χ1n) is 10.5. The highest BCUT2D eigenvalue weighted by atomic mass is 35.5. The molecule has 5 atom stereocenters. The molecule has 11 heteroatoms. The average molecular weight is 494 g/mol. The molecule has 1 aliphatic carbocycles. The van der Waals surface area contributed by atoms with Gasteiger partial charge in [0.05, 0.1) is 17.2 Å². The van der Waals surface area contributed by atoms with Gasteiger partial charge in [0.15, 0.2) is 0 Å². The number of benzene rings is 2. The van der Waals surface area contributed by atoms with Gasteiger partial charge >= 0.3 is 0 Å². The average Bonchev–Trinajstić information content (AvgIpc) is 2.79. The minimum atomic E-state index is -2.22. The molecule has 0 heterocycles. The van der Waals surface area contributed by atoms with Crippen LogP contribution in [0.1, 0.15) is 28.8 Å². The first-order chi connectivity index (χ1) is 16.0. The van der Waals surface area contributed by atoms with E-state index in [0.29, 0.717) is 0 Å². The van der Waals surface area contributed by atoms with Crippen molar-refractivity contribution >= 4 is 29.3 Å². The van der Waals surface area contributed by atoms with Crippen LogP contribution in [0.25, 0.3) is 0 Å². The zero-order chi connectivity index (χ0) is 25.0. The number of nitrogens with one attached hydrogen (secondary N) is 2. The molecule has 1 aliphatic rings. The molecule has 3 rings (SSSR count). The molecule has 2 aromatic carbocycles. The fourth-order valence-electron chi connectivity index (χ4n) is 3.88. The van der Waals surface area contributed by atoms with E-state index >= 15 is 0 Å². The zero-order valence-corrected chi connectivity index (χ0v) is 18.7. The summed E-state index contributed by atoms with van der Waals surface area (Å²) in [5, 5.41) is 36.2. The Labute approximate surface area is 199 Å². The summed E-state index contributed by atoms with van der Waals surface area (Å²) in [5.41, 5.74) is 3.89. The summed E-state index contributed by atoms with van der Waals surface area (Å²) < 4.78 is 13.4. The Morgan fingerprint density at radius 2 is 1.82 bits per heavy atom. The van der Waals surface area contributed by atoms with Crippen LogP contribution < -0.4 is 16.4 Å². The number of nitrogens with two attached hydrogens (primary N) is 1. The third-order valence-electron chi connectivity index (χ3n) is 5.76. The van der Waals surface area contributed by atoms with Crippen LogP contribution in [0.5, 0.6) is 0 Å². The summed E-state index contributed by atoms with van der Waals surface area (Å²) in [5.74, 6) is -3.30. The molecular formula is C23H25ClFN3O6. The van der Waals surface area contributed by atoms with Crippen LogP contribution in [0.4, 0.5) is 4.39 Å². The van der Waals surface area contributed by atoms with Crippen molar-refractivity contribution in [1.82, 2.24) is 10.6 Å². The Balaban J connectivity index is 1.73. The van der Waals surface area contributed by atoms with Crippen molar-refractivity contribution in [3.8, 4) is 0 Å². The summed E-state index contributed by atoms with van der Waals surface area (Å²) in [6.45, 7) is 0. The van der Waals surface area contributed by atoms with Gasteiger partial charge in [-0.3, -0.25) is 14.4 Å². The standard InChI is InChI=1S/C23H25ClFN3O6/c24-14-9-13(6-7-15(14)25)21(32)27-17-10-23(34,11-18(29)19(17)30)22(33)28-16(20(26)31)8-12-4-2-1-3-5-12/h1-7,9,16-19,29-30,34H,8,10-11H2,(H2,26,31)(H,27,32)(H,28,33). The second-order valence-electron chi connectivity index (χ2n) is 8.32. The highest BCUT2D eigenvalue weighted by Crippen LogP contribution is 2.30. The molecular weight excluding hydrogens is 469 g/mol. The first-order valence-corrected chi connectivity index (χ1v) is 10.9. The van der Waals surface area contributed by atoms with Gasteiger partial charge in [0.25, 0.3) is 11.8 Å². The number of hydrogen-bond donors (Lipinski definition) is 6. The van der Waals surface area contributed by atoms with Gasteiger partial charge in [-0.15, -0.1) is 0 Å². The lowest BCUT2D eigenvalue weighted by molar-refractivity contribution is -0.159. The van der Waals surface area contributed by atoms with Crippen molar-refractivity contribution in [3.63, 3.8) is 0 Å². The summed E-state index contributed by atoms with van der Waals surface area (Å²) in [7, 11) is 0. The minimum Gasteiger partial charge on any atom is -0.390 e. The van der Waals surface area contributed by atoms with Gasteiger partial charge in [0.2, 0.25) is 5.91 Å². The van der Waals surface area contributed by atoms with E-state index in [2.05, 4.69) is 10.6 Å². The number of carbonyl (C=O) groups excluding carboxylic acids is 3. The van der Waals surface area contributed by atoms with Crippen molar-refractivity contribution in [2.75, 3.05) is 0 Å². The van der Waals surface area contributed by atoms with E-state index in [-0.39, 0.29) is 17.0 Å². The molecule has 0 aliphatic heterocycles. The SMILES string of the molecule is NC(=O)C(Cc1ccccc1)NC(=O)C1(O)CC(O)C(O)C(NC(=O)c2ccc(F)c(Cl)c2)C1. The maximum absolute atomic E-state index is 13.4. The molecule has 9 nitrogen and oxygen atoms in total. The number of aliphatic hydroxyl groups is 3. The molecule has 182 valence electrons. The van der Waals surface area contributed by atoms with Gasteiger partial charge in [-0.05, 0) is 23.8 Å². The normalized spacial score (nSPS) is 25.3. The van der Waals surface area contributed by atoms with Crippen LogP contribution in [-0.4, -0.2) is 62.9 Å². The molecule has 5 unspecified atom stereocenters. The number of carbonyl (C=O) groups is 3. The summed E-state index contributed by atoms with van der Waals surface area (Å²) in [6, 6.07) is 9.63. The summed E-state index contributed by atoms with van der Waals surface area (Å²) in [6.07, 6.45) is -3.98. The molecule has 2 aromatic rings. The molecule has 7 N–H and O–H groups in total. The number of aliphatic hydroxyl groups excluding tert-OH is 2. The second-order valence-corrected chi connectivity index (χ2v) is 8.73. The number of hydrogen-bond acceptors (Lipinski definition) is 6. The Morgan fingerprint density at radius 3 is 2.44 bits per heavy atom. The largest absolute Gasteiger partial charge is 0.390 e. The molecule has 0 radical (unpaired) electrons.